The van der Waals surface area contributed by atoms with Crippen molar-refractivity contribution < 1.29 is 47.6 Å². The summed E-state index contributed by atoms with van der Waals surface area (Å²) in [7, 11) is 0. The molecule has 2 aliphatic rings. The van der Waals surface area contributed by atoms with Crippen LogP contribution in [0.25, 0.3) is 11.2 Å². The molecule has 39 heavy (non-hydrogen) atoms. The molecule has 210 valence electrons. The molecule has 15 heteroatoms. The summed E-state index contributed by atoms with van der Waals surface area (Å²) in [4.78, 5) is 28.3. The Kier molecular flexibility index (Phi) is 7.59. The number of ether oxygens (including phenoxy) is 4. The minimum atomic E-state index is -1.21. The molecule has 0 spiro atoms. The SMILES string of the molecule is CC(C)(O)CONC(=O)c1cc(F)c(COc2nc3nc(O[C@@H]4COC5C4OC[C@H]5O)[nH]c3cc2Cl)c(F)c1. The Morgan fingerprint density at radius 2 is 1.92 bits per heavy atom. The fraction of sp³-hybridized carbons (Fsp3) is 0.458. The smallest absolute Gasteiger partial charge is 0.296 e. The average molecular weight is 571 g/mol. The summed E-state index contributed by atoms with van der Waals surface area (Å²) in [5.41, 5.74) is 0.608. The van der Waals surface area contributed by atoms with Crippen molar-refractivity contribution in [3.63, 3.8) is 0 Å². The summed E-state index contributed by atoms with van der Waals surface area (Å²) >= 11 is 6.25. The van der Waals surface area contributed by atoms with E-state index in [1.807, 2.05) is 5.48 Å². The van der Waals surface area contributed by atoms with Gasteiger partial charge in [-0.25, -0.2) is 14.3 Å². The first kappa shape index (κ1) is 27.4. The number of aliphatic hydroxyl groups is 2. The summed E-state index contributed by atoms with van der Waals surface area (Å²) < 4.78 is 51.7. The highest BCUT2D eigenvalue weighted by atomic mass is 35.5. The molecule has 2 unspecified atom stereocenters. The van der Waals surface area contributed by atoms with Crippen LogP contribution in [0.5, 0.6) is 11.9 Å². The predicted molar refractivity (Wildman–Crippen MR) is 129 cm³/mol. The summed E-state index contributed by atoms with van der Waals surface area (Å²) in [5, 5.41) is 19.5. The van der Waals surface area contributed by atoms with Gasteiger partial charge in [0, 0.05) is 5.56 Å². The van der Waals surface area contributed by atoms with Gasteiger partial charge in [0.25, 0.3) is 11.9 Å². The van der Waals surface area contributed by atoms with Crippen molar-refractivity contribution in [3.05, 3.63) is 46.0 Å². The summed E-state index contributed by atoms with van der Waals surface area (Å²) in [6, 6.07) is 3.23. The molecule has 4 atom stereocenters. The third-order valence-electron chi connectivity index (χ3n) is 5.96. The lowest BCUT2D eigenvalue weighted by molar-refractivity contribution is -0.0522. The number of H-pyrrole nitrogens is 1. The molecule has 2 fully saturated rings. The molecule has 2 saturated heterocycles. The maximum absolute atomic E-state index is 14.6. The van der Waals surface area contributed by atoms with Crippen molar-refractivity contribution in [2.24, 2.45) is 0 Å². The Hall–Kier alpha value is -3.14. The second kappa shape index (κ2) is 10.8. The number of carbonyl (C=O) groups is 1. The minimum Gasteiger partial charge on any atom is -0.471 e. The van der Waals surface area contributed by atoms with Crippen LogP contribution in [0.2, 0.25) is 5.02 Å². The van der Waals surface area contributed by atoms with Gasteiger partial charge in [0.05, 0.1) is 29.9 Å². The fourth-order valence-electron chi connectivity index (χ4n) is 4.07. The number of hydroxylamine groups is 1. The highest BCUT2D eigenvalue weighted by Gasteiger charge is 2.48. The van der Waals surface area contributed by atoms with E-state index in [0.29, 0.717) is 5.52 Å². The molecule has 1 aromatic carbocycles. The molecule has 2 aromatic heterocycles. The standard InChI is InChI=1S/C24H25ClF2N4O8/c1-24(2,34)9-38-31-21(33)10-3-13(26)11(14(27)4-10)6-37-22-12(25)5-15-20(29-22)30-23(28-15)39-17-8-36-18-16(32)7-35-19(17)18/h3-5,16-19,32,34H,6-9H2,1-2H3,(H,31,33)(H,28,29,30)/t16-,17-,18?,19?/m1/s1. The van der Waals surface area contributed by atoms with Gasteiger partial charge in [0.2, 0.25) is 5.88 Å². The fourth-order valence-corrected chi connectivity index (χ4v) is 4.28. The topological polar surface area (TPSA) is 157 Å². The van der Waals surface area contributed by atoms with Crippen LogP contribution < -0.4 is 15.0 Å². The molecule has 3 aromatic rings. The second-order valence-electron chi connectivity index (χ2n) is 9.75. The summed E-state index contributed by atoms with van der Waals surface area (Å²) in [5.74, 6) is -3.10. The quantitative estimate of drug-likeness (QED) is 0.280. The van der Waals surface area contributed by atoms with Gasteiger partial charge in [0.15, 0.2) is 11.8 Å². The van der Waals surface area contributed by atoms with Gasteiger partial charge in [0.1, 0.15) is 48.2 Å². The Labute approximate surface area is 225 Å². The molecule has 2 aliphatic heterocycles. The van der Waals surface area contributed by atoms with Crippen molar-refractivity contribution in [2.45, 2.75) is 50.5 Å². The molecular weight excluding hydrogens is 546 g/mol. The monoisotopic (exact) mass is 570 g/mol. The van der Waals surface area contributed by atoms with Gasteiger partial charge in [-0.2, -0.15) is 9.97 Å². The maximum Gasteiger partial charge on any atom is 0.296 e. The molecule has 0 saturated carbocycles. The Morgan fingerprint density at radius 3 is 2.64 bits per heavy atom. The van der Waals surface area contributed by atoms with Gasteiger partial charge >= 0.3 is 0 Å². The van der Waals surface area contributed by atoms with Crippen LogP contribution in [0.15, 0.2) is 18.2 Å². The molecule has 5 rings (SSSR count). The number of aromatic nitrogens is 3. The molecule has 0 radical (unpaired) electrons. The van der Waals surface area contributed by atoms with Crippen LogP contribution in [0.1, 0.15) is 29.8 Å². The number of aromatic amines is 1. The molecule has 12 nitrogen and oxygen atoms in total. The number of amides is 1. The molecule has 0 aliphatic carbocycles. The van der Waals surface area contributed by atoms with Crippen LogP contribution >= 0.6 is 11.6 Å². The summed E-state index contributed by atoms with van der Waals surface area (Å²) in [6.45, 7) is 2.47. The first-order valence-electron chi connectivity index (χ1n) is 11.9. The first-order chi connectivity index (χ1) is 18.5. The number of aliphatic hydroxyl groups excluding tert-OH is 1. The van der Waals surface area contributed by atoms with Crippen LogP contribution in [0.3, 0.4) is 0 Å². The van der Waals surface area contributed by atoms with Gasteiger partial charge in [-0.15, -0.1) is 0 Å². The normalized spacial score (nSPS) is 22.7. The Balaban J connectivity index is 1.24. The van der Waals surface area contributed by atoms with E-state index in [4.69, 9.17) is 35.4 Å². The predicted octanol–water partition coefficient (Wildman–Crippen LogP) is 1.81. The lowest BCUT2D eigenvalue weighted by Gasteiger charge is -2.16. The van der Waals surface area contributed by atoms with E-state index >= 15 is 0 Å². The number of pyridine rings is 1. The molecule has 4 N–H and O–H groups in total. The zero-order chi connectivity index (χ0) is 27.9. The van der Waals surface area contributed by atoms with E-state index < -0.39 is 59.7 Å². The highest BCUT2D eigenvalue weighted by molar-refractivity contribution is 6.32. The van der Waals surface area contributed by atoms with E-state index in [9.17, 15) is 23.8 Å². The van der Waals surface area contributed by atoms with Gasteiger partial charge in [-0.1, -0.05) is 11.6 Å². The van der Waals surface area contributed by atoms with Crippen molar-refractivity contribution in [2.75, 3.05) is 19.8 Å². The van der Waals surface area contributed by atoms with E-state index in [0.717, 1.165) is 12.1 Å². The molecule has 1 amide bonds. The van der Waals surface area contributed by atoms with Gasteiger partial charge in [-0.3, -0.25) is 9.63 Å². The van der Waals surface area contributed by atoms with E-state index in [1.165, 1.54) is 19.9 Å². The van der Waals surface area contributed by atoms with E-state index in [1.54, 1.807) is 0 Å². The third-order valence-corrected chi connectivity index (χ3v) is 6.24. The first-order valence-corrected chi connectivity index (χ1v) is 12.3. The van der Waals surface area contributed by atoms with Crippen LogP contribution in [-0.2, 0) is 20.9 Å². The number of fused-ring (bicyclic) bond motifs is 2. The number of rotatable bonds is 9. The number of benzene rings is 1. The Morgan fingerprint density at radius 1 is 1.21 bits per heavy atom. The largest absolute Gasteiger partial charge is 0.471 e. The van der Waals surface area contributed by atoms with Gasteiger partial charge in [-0.05, 0) is 32.0 Å². The number of imidazole rings is 1. The van der Waals surface area contributed by atoms with Crippen LogP contribution in [0.4, 0.5) is 8.78 Å². The van der Waals surface area contributed by atoms with Crippen molar-refractivity contribution in [1.29, 1.82) is 0 Å². The number of nitrogens with one attached hydrogen (secondary N) is 2. The number of hydrogen-bond acceptors (Lipinski definition) is 10. The Bertz CT molecular complexity index is 1360. The van der Waals surface area contributed by atoms with Crippen LogP contribution in [-0.4, -0.2) is 80.9 Å². The second-order valence-corrected chi connectivity index (χ2v) is 10.2. The highest BCUT2D eigenvalue weighted by Crippen LogP contribution is 2.31. The van der Waals surface area contributed by atoms with Crippen molar-refractivity contribution >= 4 is 28.7 Å². The average Bonchev–Trinajstić information content (AvgIpc) is 3.54. The number of hydrogen-bond donors (Lipinski definition) is 4. The molecular formula is C24H25ClF2N4O8. The van der Waals surface area contributed by atoms with Crippen LogP contribution in [0, 0.1) is 11.6 Å². The lowest BCUT2D eigenvalue weighted by Crippen LogP contribution is -2.34. The number of carbonyl (C=O) groups excluding carboxylic acids is 1. The minimum absolute atomic E-state index is 0.0463. The van der Waals surface area contributed by atoms with Gasteiger partial charge < -0.3 is 34.1 Å². The third kappa shape index (κ3) is 6.05. The molecule has 0 bridgehead atoms. The van der Waals surface area contributed by atoms with Crippen molar-refractivity contribution in [1.82, 2.24) is 20.4 Å². The maximum atomic E-state index is 14.6. The number of nitrogens with zero attached hydrogens (tertiary/aromatic N) is 2. The zero-order valence-corrected chi connectivity index (χ0v) is 21.5. The molecule has 4 heterocycles. The van der Waals surface area contributed by atoms with E-state index in [2.05, 4.69) is 15.0 Å². The summed E-state index contributed by atoms with van der Waals surface area (Å²) in [6.07, 6.45) is -2.13. The zero-order valence-electron chi connectivity index (χ0n) is 20.7. The lowest BCUT2D eigenvalue weighted by atomic mass is 10.1. The van der Waals surface area contributed by atoms with E-state index in [-0.39, 0.29) is 47.9 Å². The number of halogens is 3. The van der Waals surface area contributed by atoms with Crippen molar-refractivity contribution in [3.8, 4) is 11.9 Å².